The van der Waals surface area contributed by atoms with Crippen LogP contribution in [-0.2, 0) is 0 Å². The van der Waals surface area contributed by atoms with Gasteiger partial charge in [0.05, 0.1) is 0 Å². The van der Waals surface area contributed by atoms with Gasteiger partial charge in [-0.25, -0.2) is 0 Å². The maximum absolute atomic E-state index is 3.39. The minimum atomic E-state index is 0.769. The molecular weight excluding hydrogens is 905 g/mol. The molecule has 0 radical (unpaired) electrons. The molecule has 0 aromatic rings. The first kappa shape index (κ1) is 58.1. The summed E-state index contributed by atoms with van der Waals surface area (Å²) in [6.45, 7) is 14.8. The third-order valence-corrected chi connectivity index (χ3v) is 27.1. The van der Waals surface area contributed by atoms with E-state index in [1.807, 2.05) is 0 Å². The van der Waals surface area contributed by atoms with E-state index < -0.39 is 0 Å². The van der Waals surface area contributed by atoms with Crippen molar-refractivity contribution in [1.82, 2.24) is 9.80 Å². The van der Waals surface area contributed by atoms with Crippen LogP contribution >= 0.6 is 0 Å². The van der Waals surface area contributed by atoms with Gasteiger partial charge in [0.2, 0.25) is 0 Å². The summed E-state index contributed by atoms with van der Waals surface area (Å²) in [5, 5.41) is 0. The average Bonchev–Trinajstić information content (AvgIpc) is 3.46. The first-order valence-electron chi connectivity index (χ1n) is 36.4. The second-order valence-electron chi connectivity index (χ2n) is 31.0. The van der Waals surface area contributed by atoms with Crippen LogP contribution in [0.3, 0.4) is 0 Å². The van der Waals surface area contributed by atoms with Crippen molar-refractivity contribution in [2.75, 3.05) is 6.54 Å². The number of hydrogen-bond acceptors (Lipinski definition) is 2. The Hall–Kier alpha value is -0.0800. The van der Waals surface area contributed by atoms with Crippen molar-refractivity contribution in [3.8, 4) is 0 Å². The molecule has 10 rings (SSSR count). The highest BCUT2D eigenvalue weighted by Gasteiger charge is 2.56. The third kappa shape index (κ3) is 14.4. The molecular formula is C73H130N2. The summed E-state index contributed by atoms with van der Waals surface area (Å²) < 4.78 is 0. The van der Waals surface area contributed by atoms with Crippen molar-refractivity contribution in [3.05, 3.63) is 0 Å². The summed E-state index contributed by atoms with van der Waals surface area (Å²) in [4.78, 5) is 6.76. The molecule has 0 aliphatic heterocycles. The highest BCUT2D eigenvalue weighted by Crippen LogP contribution is 2.62. The van der Waals surface area contributed by atoms with Gasteiger partial charge in [0.25, 0.3) is 0 Å². The molecule has 10 aliphatic rings. The van der Waals surface area contributed by atoms with E-state index in [-0.39, 0.29) is 0 Å². The normalized spacial score (nSPS) is 41.4. The maximum Gasteiger partial charge on any atom is 0.0132 e. The van der Waals surface area contributed by atoms with E-state index in [1.165, 1.54) is 167 Å². The second-order valence-corrected chi connectivity index (χ2v) is 31.0. The molecule has 0 saturated heterocycles. The van der Waals surface area contributed by atoms with Crippen LogP contribution in [-0.4, -0.2) is 46.6 Å². The van der Waals surface area contributed by atoms with Crippen LogP contribution < -0.4 is 0 Å². The number of unbranched alkanes of at least 4 members (excludes halogenated alkanes) is 6. The first-order valence-corrected chi connectivity index (χ1v) is 36.4. The molecule has 432 valence electrons. The summed E-state index contributed by atoms with van der Waals surface area (Å²) >= 11 is 0. The van der Waals surface area contributed by atoms with Crippen molar-refractivity contribution in [2.45, 2.75) is 360 Å². The minimum absolute atomic E-state index is 0.769. The van der Waals surface area contributed by atoms with Crippen LogP contribution in [0.1, 0.15) is 330 Å². The molecule has 0 N–H and O–H groups in total. The van der Waals surface area contributed by atoms with Crippen LogP contribution in [0.2, 0.25) is 0 Å². The maximum atomic E-state index is 3.39. The molecule has 0 aromatic carbocycles. The lowest BCUT2D eigenvalue weighted by atomic mass is 9.46. The Morgan fingerprint density at radius 2 is 0.933 bits per heavy atom. The Kier molecular flexibility index (Phi) is 22.7. The van der Waals surface area contributed by atoms with Crippen LogP contribution in [0.4, 0.5) is 0 Å². The zero-order valence-corrected chi connectivity index (χ0v) is 51.3. The van der Waals surface area contributed by atoms with Gasteiger partial charge in [-0.2, -0.15) is 0 Å². The fourth-order valence-corrected chi connectivity index (χ4v) is 23.3. The molecule has 0 amide bonds. The van der Waals surface area contributed by atoms with E-state index in [1.54, 1.807) is 135 Å². The van der Waals surface area contributed by atoms with Gasteiger partial charge in [0.15, 0.2) is 0 Å². The summed E-state index contributed by atoms with van der Waals surface area (Å²) in [5.74, 6) is 16.2. The molecule has 0 bridgehead atoms. The summed E-state index contributed by atoms with van der Waals surface area (Å²) in [5.41, 5.74) is 0. The molecule has 2 nitrogen and oxygen atoms in total. The van der Waals surface area contributed by atoms with E-state index in [9.17, 15) is 0 Å². The Labute approximate surface area is 468 Å². The van der Waals surface area contributed by atoms with Gasteiger partial charge < -0.3 is 0 Å². The highest BCUT2D eigenvalue weighted by molar-refractivity contribution is 5.06. The van der Waals surface area contributed by atoms with Gasteiger partial charge in [0, 0.05) is 30.2 Å². The van der Waals surface area contributed by atoms with E-state index in [2.05, 4.69) is 44.4 Å². The third-order valence-electron chi connectivity index (χ3n) is 27.1. The Balaban J connectivity index is 0.956. The zero-order chi connectivity index (χ0) is 51.5. The van der Waals surface area contributed by atoms with E-state index in [4.69, 9.17) is 0 Å². The number of rotatable bonds is 22. The van der Waals surface area contributed by atoms with Gasteiger partial charge >= 0.3 is 0 Å². The van der Waals surface area contributed by atoms with Crippen LogP contribution in [0.15, 0.2) is 0 Å². The number of nitrogens with zero attached hydrogens (tertiary/aromatic N) is 2. The largest absolute Gasteiger partial charge is 0.297 e. The molecule has 0 aromatic heterocycles. The van der Waals surface area contributed by atoms with Gasteiger partial charge in [0.1, 0.15) is 0 Å². The van der Waals surface area contributed by atoms with E-state index >= 15 is 0 Å². The first-order chi connectivity index (χ1) is 36.9. The lowest BCUT2D eigenvalue weighted by molar-refractivity contribution is -0.118. The molecule has 75 heavy (non-hydrogen) atoms. The van der Waals surface area contributed by atoms with E-state index in [0.717, 1.165) is 125 Å². The molecule has 10 aliphatic carbocycles. The predicted molar refractivity (Wildman–Crippen MR) is 324 cm³/mol. The SMILES string of the molecule is CCCCCCCN(C1CCC2CCCCC2C1)C1CC[C@@H]2C(C1)C(C1CCC(C(C)CCCCC)CC1)C(CCC(C)N(C1CCCCC1)C1CCCC3CCCCC31)C(C)C2C1CCC(C2CCCCC2)CC1. The molecule has 2 heteroatoms. The van der Waals surface area contributed by atoms with Gasteiger partial charge in [-0.1, -0.05) is 188 Å². The second kappa shape index (κ2) is 29.3. The van der Waals surface area contributed by atoms with Crippen molar-refractivity contribution < 1.29 is 0 Å². The van der Waals surface area contributed by atoms with Crippen molar-refractivity contribution in [1.29, 1.82) is 0 Å². The number of hydrogen-bond donors (Lipinski definition) is 0. The van der Waals surface area contributed by atoms with E-state index in [0.29, 0.717) is 0 Å². The Morgan fingerprint density at radius 1 is 0.387 bits per heavy atom. The van der Waals surface area contributed by atoms with Crippen LogP contribution in [0.5, 0.6) is 0 Å². The fourth-order valence-electron chi connectivity index (χ4n) is 23.3. The molecule has 0 heterocycles. The lowest BCUT2D eigenvalue weighted by Gasteiger charge is -2.61. The summed E-state index contributed by atoms with van der Waals surface area (Å²) in [6.07, 6.45) is 70.5. The highest BCUT2D eigenvalue weighted by atomic mass is 15.2. The summed E-state index contributed by atoms with van der Waals surface area (Å²) in [7, 11) is 0. The standard InChI is InChI=1S/C73H130N2/c1-6-8-10-11-23-50-74(65-46-45-58-28-19-20-30-63(58)51-65)66-47-49-69-70(52-66)73(62-41-37-56(38-42-62)53(3)25-14-9-7-2)67(55(5)72(69)61-43-39-59(40-44-61)57-26-15-12-16-27-57)48-36-54(4)75(64-32-17-13-18-33-64)71-35-24-31-60-29-21-22-34-68(60)71/h53-73H,6-52H2,1-5H3/t53?,54?,55?,56?,58?,59?,60?,61?,62?,63?,65?,66?,67?,68?,69-,70?,71?,72?,73?/m1/s1. The topological polar surface area (TPSA) is 6.48 Å². The smallest absolute Gasteiger partial charge is 0.0132 e. The predicted octanol–water partition coefficient (Wildman–Crippen LogP) is 21.5. The van der Waals surface area contributed by atoms with Crippen LogP contribution in [0, 0.1) is 94.7 Å². The van der Waals surface area contributed by atoms with Gasteiger partial charge in [-0.3, -0.25) is 9.80 Å². The molecule has 10 saturated carbocycles. The minimum Gasteiger partial charge on any atom is -0.297 e. The Morgan fingerprint density at radius 3 is 1.68 bits per heavy atom. The monoisotopic (exact) mass is 1040 g/mol. The Bertz CT molecular complexity index is 1570. The molecule has 10 fully saturated rings. The van der Waals surface area contributed by atoms with Gasteiger partial charge in [-0.15, -0.1) is 0 Å². The number of fused-ring (bicyclic) bond motifs is 3. The summed E-state index contributed by atoms with van der Waals surface area (Å²) in [6, 6.07) is 4.29. The van der Waals surface area contributed by atoms with Crippen LogP contribution in [0.25, 0.3) is 0 Å². The molecule has 15 atom stereocenters. The molecule has 0 spiro atoms. The quantitative estimate of drug-likeness (QED) is 0.0997. The fraction of sp³-hybridized carbons (Fsp3) is 1.00. The zero-order valence-electron chi connectivity index (χ0n) is 51.3. The molecule has 14 unspecified atom stereocenters. The van der Waals surface area contributed by atoms with Crippen molar-refractivity contribution in [2.24, 2.45) is 94.7 Å². The van der Waals surface area contributed by atoms with Crippen molar-refractivity contribution in [3.63, 3.8) is 0 Å². The van der Waals surface area contributed by atoms with Gasteiger partial charge in [-0.05, 0) is 243 Å². The van der Waals surface area contributed by atoms with Crippen molar-refractivity contribution >= 4 is 0 Å². The lowest BCUT2D eigenvalue weighted by Crippen LogP contribution is -2.57. The average molecular weight is 1040 g/mol.